The Morgan fingerprint density at radius 3 is 2.16 bits per heavy atom. The highest BCUT2D eigenvalue weighted by atomic mass is 16.6. The van der Waals surface area contributed by atoms with Crippen molar-refractivity contribution in [3.63, 3.8) is 0 Å². The second kappa shape index (κ2) is 11.5. The topological polar surface area (TPSA) is 122 Å². The molecule has 0 bridgehead atoms. The van der Waals surface area contributed by atoms with Gasteiger partial charge in [0.1, 0.15) is 24.4 Å². The lowest BCUT2D eigenvalue weighted by molar-refractivity contribution is -0.137. The molecule has 0 saturated heterocycles. The molecule has 19 heavy (non-hydrogen) atoms. The lowest BCUT2D eigenvalue weighted by Gasteiger charge is -2.25. The summed E-state index contributed by atoms with van der Waals surface area (Å²) in [6, 6.07) is 0. The second-order valence-corrected chi connectivity index (χ2v) is 4.56. The molecule has 4 atom stereocenters. The zero-order valence-electron chi connectivity index (χ0n) is 11.4. The number of nitrogens with one attached hydrogen (secondary N) is 1. The van der Waals surface area contributed by atoms with E-state index in [1.54, 1.807) is 0 Å². The van der Waals surface area contributed by atoms with Crippen LogP contribution in [0.25, 0.3) is 0 Å². The molecule has 0 spiro atoms. The van der Waals surface area contributed by atoms with Crippen LogP contribution in [-0.2, 0) is 4.84 Å². The lowest BCUT2D eigenvalue weighted by Crippen LogP contribution is -2.47. The number of rotatable bonds is 12. The third kappa shape index (κ3) is 8.48. The summed E-state index contributed by atoms with van der Waals surface area (Å²) in [7, 11) is 0. The largest absolute Gasteiger partial charge is 0.394 e. The molecule has 7 nitrogen and oxygen atoms in total. The molecule has 0 aromatic rings. The standard InChI is InChI=1S/C12H27NO6/c1-2-3-4-5-6-13-19-8-10(16)12(18)11(17)9(15)7-14/h9-18H,2-8H2,1H3/t9-,10+,11-,12-/m1/s1. The zero-order chi connectivity index (χ0) is 14.7. The van der Waals surface area contributed by atoms with Crippen molar-refractivity contribution < 1.29 is 30.4 Å². The predicted molar refractivity (Wildman–Crippen MR) is 69.2 cm³/mol. The van der Waals surface area contributed by atoms with E-state index in [0.717, 1.165) is 25.7 Å². The minimum Gasteiger partial charge on any atom is -0.394 e. The van der Waals surface area contributed by atoms with Crippen molar-refractivity contribution in [3.05, 3.63) is 0 Å². The molecule has 0 radical (unpaired) electrons. The van der Waals surface area contributed by atoms with Gasteiger partial charge in [-0.3, -0.25) is 4.84 Å². The van der Waals surface area contributed by atoms with Gasteiger partial charge in [-0.2, -0.15) is 0 Å². The van der Waals surface area contributed by atoms with Crippen LogP contribution in [0, 0.1) is 0 Å². The summed E-state index contributed by atoms with van der Waals surface area (Å²) in [6.07, 6.45) is -1.67. The average Bonchev–Trinajstić information content (AvgIpc) is 2.43. The van der Waals surface area contributed by atoms with E-state index >= 15 is 0 Å². The van der Waals surface area contributed by atoms with Gasteiger partial charge >= 0.3 is 0 Å². The number of hydrogen-bond donors (Lipinski definition) is 6. The van der Waals surface area contributed by atoms with E-state index in [2.05, 4.69) is 12.4 Å². The first-order valence-corrected chi connectivity index (χ1v) is 6.72. The van der Waals surface area contributed by atoms with E-state index in [-0.39, 0.29) is 6.61 Å². The summed E-state index contributed by atoms with van der Waals surface area (Å²) < 4.78 is 0. The van der Waals surface area contributed by atoms with Crippen LogP contribution in [0.3, 0.4) is 0 Å². The van der Waals surface area contributed by atoms with Crippen LogP contribution >= 0.6 is 0 Å². The van der Waals surface area contributed by atoms with Gasteiger partial charge in [-0.1, -0.05) is 26.2 Å². The lowest BCUT2D eigenvalue weighted by atomic mass is 10.0. The third-order valence-corrected chi connectivity index (χ3v) is 2.81. The van der Waals surface area contributed by atoms with Crippen LogP contribution < -0.4 is 5.48 Å². The molecule has 0 heterocycles. The van der Waals surface area contributed by atoms with Crippen molar-refractivity contribution in [2.24, 2.45) is 0 Å². The molecule has 0 aromatic carbocycles. The van der Waals surface area contributed by atoms with Gasteiger partial charge in [-0.25, -0.2) is 5.48 Å². The summed E-state index contributed by atoms with van der Waals surface area (Å²) in [5.41, 5.74) is 2.65. The van der Waals surface area contributed by atoms with E-state index < -0.39 is 31.0 Å². The fraction of sp³-hybridized carbons (Fsp3) is 1.00. The monoisotopic (exact) mass is 281 g/mol. The van der Waals surface area contributed by atoms with Gasteiger partial charge in [-0.15, -0.1) is 0 Å². The normalized spacial score (nSPS) is 18.0. The first-order valence-electron chi connectivity index (χ1n) is 6.72. The fourth-order valence-electron chi connectivity index (χ4n) is 1.50. The Hall–Kier alpha value is -0.280. The maximum atomic E-state index is 9.51. The number of aliphatic hydroxyl groups is 5. The SMILES string of the molecule is CCCCCCNOC[C@H](O)[C@@H](O)[C@H](O)[C@H](O)CO. The van der Waals surface area contributed by atoms with Crippen LogP contribution in [0.5, 0.6) is 0 Å². The highest BCUT2D eigenvalue weighted by Gasteiger charge is 2.30. The molecular weight excluding hydrogens is 254 g/mol. The molecular formula is C12H27NO6. The maximum Gasteiger partial charge on any atom is 0.111 e. The van der Waals surface area contributed by atoms with Gasteiger partial charge in [0.2, 0.25) is 0 Å². The maximum absolute atomic E-state index is 9.51. The highest BCUT2D eigenvalue weighted by molar-refractivity contribution is 4.80. The third-order valence-electron chi connectivity index (χ3n) is 2.81. The van der Waals surface area contributed by atoms with E-state index in [4.69, 9.17) is 15.1 Å². The summed E-state index contributed by atoms with van der Waals surface area (Å²) in [6.45, 7) is 1.85. The smallest absolute Gasteiger partial charge is 0.111 e. The van der Waals surface area contributed by atoms with Gasteiger partial charge < -0.3 is 25.5 Å². The number of hydroxylamine groups is 1. The molecule has 0 saturated carbocycles. The van der Waals surface area contributed by atoms with Gasteiger partial charge in [-0.05, 0) is 6.42 Å². The van der Waals surface area contributed by atoms with Gasteiger partial charge in [0.05, 0.1) is 13.2 Å². The van der Waals surface area contributed by atoms with Crippen molar-refractivity contribution in [1.29, 1.82) is 0 Å². The van der Waals surface area contributed by atoms with Gasteiger partial charge in [0, 0.05) is 6.54 Å². The van der Waals surface area contributed by atoms with E-state index in [1.165, 1.54) is 0 Å². The predicted octanol–water partition coefficient (Wildman–Crippen LogP) is -1.48. The zero-order valence-corrected chi connectivity index (χ0v) is 11.4. The Kier molecular flexibility index (Phi) is 11.4. The van der Waals surface area contributed by atoms with Crippen LogP contribution in [0.1, 0.15) is 32.6 Å². The molecule has 7 heteroatoms. The second-order valence-electron chi connectivity index (χ2n) is 4.56. The molecule has 0 aliphatic carbocycles. The molecule has 0 aromatic heterocycles. The summed E-state index contributed by atoms with van der Waals surface area (Å²) in [5.74, 6) is 0. The summed E-state index contributed by atoms with van der Waals surface area (Å²) in [5, 5.41) is 46.1. The molecule has 0 fully saturated rings. The van der Waals surface area contributed by atoms with Crippen LogP contribution in [-0.4, -0.2) is 69.7 Å². The number of unbranched alkanes of at least 4 members (excludes halogenated alkanes) is 3. The first-order chi connectivity index (χ1) is 9.04. The van der Waals surface area contributed by atoms with Crippen LogP contribution in [0.15, 0.2) is 0 Å². The Bertz CT molecular complexity index is 207. The van der Waals surface area contributed by atoms with E-state index in [9.17, 15) is 15.3 Å². The highest BCUT2D eigenvalue weighted by Crippen LogP contribution is 2.05. The van der Waals surface area contributed by atoms with Crippen molar-refractivity contribution >= 4 is 0 Å². The summed E-state index contributed by atoms with van der Waals surface area (Å²) in [4.78, 5) is 4.95. The molecule has 0 amide bonds. The number of aliphatic hydroxyl groups excluding tert-OH is 5. The molecule has 116 valence electrons. The van der Waals surface area contributed by atoms with Crippen LogP contribution in [0.2, 0.25) is 0 Å². The minimum absolute atomic E-state index is 0.218. The first kappa shape index (κ1) is 18.7. The van der Waals surface area contributed by atoms with Crippen molar-refractivity contribution in [2.75, 3.05) is 19.8 Å². The Labute approximate surface area is 113 Å². The molecule has 0 aliphatic rings. The quantitative estimate of drug-likeness (QED) is 0.191. The number of hydrogen-bond acceptors (Lipinski definition) is 7. The van der Waals surface area contributed by atoms with Crippen molar-refractivity contribution in [1.82, 2.24) is 5.48 Å². The Balaban J connectivity index is 3.64. The fourth-order valence-corrected chi connectivity index (χ4v) is 1.50. The van der Waals surface area contributed by atoms with Crippen LogP contribution in [0.4, 0.5) is 0 Å². The Morgan fingerprint density at radius 2 is 1.58 bits per heavy atom. The van der Waals surface area contributed by atoms with E-state index in [0.29, 0.717) is 6.54 Å². The Morgan fingerprint density at radius 1 is 0.947 bits per heavy atom. The molecule has 0 rings (SSSR count). The molecule has 0 aliphatic heterocycles. The van der Waals surface area contributed by atoms with Gasteiger partial charge in [0.15, 0.2) is 0 Å². The molecule has 0 unspecified atom stereocenters. The summed E-state index contributed by atoms with van der Waals surface area (Å²) >= 11 is 0. The van der Waals surface area contributed by atoms with Crippen molar-refractivity contribution in [3.8, 4) is 0 Å². The molecule has 6 N–H and O–H groups in total. The van der Waals surface area contributed by atoms with E-state index in [1.807, 2.05) is 0 Å². The average molecular weight is 281 g/mol. The van der Waals surface area contributed by atoms with Crippen molar-refractivity contribution in [2.45, 2.75) is 57.0 Å². The minimum atomic E-state index is -1.62. The van der Waals surface area contributed by atoms with Gasteiger partial charge in [0.25, 0.3) is 0 Å².